The van der Waals surface area contributed by atoms with E-state index in [0.717, 1.165) is 34.7 Å². The summed E-state index contributed by atoms with van der Waals surface area (Å²) in [5, 5.41) is 0. The predicted molar refractivity (Wildman–Crippen MR) is 126 cm³/mol. The normalized spacial score (nSPS) is 16.4. The molecule has 1 aliphatic rings. The van der Waals surface area contributed by atoms with E-state index in [1.165, 1.54) is 16.7 Å². The van der Waals surface area contributed by atoms with Gasteiger partial charge in [0, 0.05) is 31.1 Å². The third-order valence-corrected chi connectivity index (χ3v) is 6.32. The van der Waals surface area contributed by atoms with Crippen molar-refractivity contribution in [2.45, 2.75) is 39.7 Å². The number of benzene rings is 3. The summed E-state index contributed by atoms with van der Waals surface area (Å²) in [6.07, 6.45) is 0.490. The van der Waals surface area contributed by atoms with Gasteiger partial charge >= 0.3 is 0 Å². The van der Waals surface area contributed by atoms with Crippen LogP contribution in [0.4, 0.5) is 5.69 Å². The molecule has 156 valence electrons. The molecule has 0 N–H and O–H groups in total. The minimum Gasteiger partial charge on any atom is -0.323 e. The first kappa shape index (κ1) is 19.6. The fraction of sp³-hybridized carbons (Fsp3) is 0.259. The number of anilines is 1. The summed E-state index contributed by atoms with van der Waals surface area (Å²) >= 11 is 0. The lowest BCUT2D eigenvalue weighted by Crippen LogP contribution is -2.24. The van der Waals surface area contributed by atoms with Gasteiger partial charge in [-0.05, 0) is 61.7 Å². The maximum Gasteiger partial charge on any atom is 0.227 e. The van der Waals surface area contributed by atoms with Crippen molar-refractivity contribution in [1.29, 1.82) is 0 Å². The molecule has 5 rings (SSSR count). The average molecular weight is 410 g/mol. The number of fused-ring (bicyclic) bond motifs is 1. The summed E-state index contributed by atoms with van der Waals surface area (Å²) in [4.78, 5) is 19.9. The fourth-order valence-electron chi connectivity index (χ4n) is 4.64. The number of hydrogen-bond acceptors (Lipinski definition) is 2. The number of carbonyl (C=O) groups is 1. The Kier molecular flexibility index (Phi) is 4.85. The van der Waals surface area contributed by atoms with E-state index >= 15 is 0 Å². The highest BCUT2D eigenvalue weighted by atomic mass is 16.2. The summed E-state index contributed by atoms with van der Waals surface area (Å²) in [7, 11) is 0. The Balaban J connectivity index is 1.55. The molecule has 1 atom stereocenters. The highest BCUT2D eigenvalue weighted by molar-refractivity contribution is 5.96. The van der Waals surface area contributed by atoms with Crippen LogP contribution in [-0.2, 0) is 11.3 Å². The lowest BCUT2D eigenvalue weighted by molar-refractivity contribution is -0.117. The molecule has 4 nitrogen and oxygen atoms in total. The topological polar surface area (TPSA) is 38.1 Å². The van der Waals surface area contributed by atoms with Crippen LogP contribution in [0.3, 0.4) is 0 Å². The number of nitrogens with zero attached hydrogens (tertiary/aromatic N) is 3. The minimum atomic E-state index is 0.0746. The molecule has 4 heteroatoms. The van der Waals surface area contributed by atoms with Gasteiger partial charge in [0.05, 0.1) is 11.0 Å². The van der Waals surface area contributed by atoms with Gasteiger partial charge < -0.3 is 9.47 Å². The maximum absolute atomic E-state index is 12.9. The zero-order valence-electron chi connectivity index (χ0n) is 18.3. The number of amides is 1. The molecule has 4 aromatic rings. The number of aryl methyl sites for hydroxylation is 3. The van der Waals surface area contributed by atoms with Crippen molar-refractivity contribution in [3.8, 4) is 0 Å². The van der Waals surface area contributed by atoms with Crippen LogP contribution in [0.15, 0.2) is 66.7 Å². The Morgan fingerprint density at radius 1 is 0.935 bits per heavy atom. The van der Waals surface area contributed by atoms with Crippen LogP contribution >= 0.6 is 0 Å². The molecule has 0 spiro atoms. The molecule has 1 unspecified atom stereocenters. The van der Waals surface area contributed by atoms with E-state index in [1.807, 2.05) is 23.1 Å². The summed E-state index contributed by atoms with van der Waals surface area (Å²) in [5.74, 6) is 1.25. The Morgan fingerprint density at radius 3 is 2.58 bits per heavy atom. The average Bonchev–Trinajstić information content (AvgIpc) is 3.31. The van der Waals surface area contributed by atoms with Gasteiger partial charge in [-0.1, -0.05) is 48.0 Å². The molecule has 1 saturated heterocycles. The summed E-state index contributed by atoms with van der Waals surface area (Å²) in [6, 6.07) is 23.1. The molecular weight excluding hydrogens is 382 g/mol. The van der Waals surface area contributed by atoms with Crippen LogP contribution < -0.4 is 4.90 Å². The molecule has 1 aromatic heterocycles. The highest BCUT2D eigenvalue weighted by Gasteiger charge is 2.35. The number of carbonyl (C=O) groups excluding carboxylic acids is 1. The number of imidazole rings is 1. The van der Waals surface area contributed by atoms with Gasteiger partial charge in [0.15, 0.2) is 0 Å². The van der Waals surface area contributed by atoms with Crippen LogP contribution in [0.25, 0.3) is 11.0 Å². The molecule has 0 bridgehead atoms. The second-order valence-electron chi connectivity index (χ2n) is 8.72. The molecular formula is C27H27N3O. The first-order valence-corrected chi connectivity index (χ1v) is 10.9. The highest BCUT2D eigenvalue weighted by Crippen LogP contribution is 2.34. The Hall–Kier alpha value is -3.40. The summed E-state index contributed by atoms with van der Waals surface area (Å²) in [6.45, 7) is 7.78. The van der Waals surface area contributed by atoms with E-state index < -0.39 is 0 Å². The second kappa shape index (κ2) is 7.69. The molecule has 2 heterocycles. The standard InChI is InChI=1S/C27H27N3O/c1-18-7-6-8-23(14-18)29-17-22(15-26(29)31)27-28-24-9-4-5-10-25(24)30(27)16-21-13-19(2)11-12-20(21)3/h4-14,22H,15-17H2,1-3H3. The second-order valence-corrected chi connectivity index (χ2v) is 8.72. The first-order chi connectivity index (χ1) is 15.0. The van der Waals surface area contributed by atoms with Crippen molar-refractivity contribution in [3.05, 3.63) is 94.8 Å². The van der Waals surface area contributed by atoms with Crippen molar-refractivity contribution in [2.24, 2.45) is 0 Å². The number of rotatable bonds is 4. The third kappa shape index (κ3) is 3.63. The van der Waals surface area contributed by atoms with Crippen LogP contribution in [0.2, 0.25) is 0 Å². The zero-order chi connectivity index (χ0) is 21.5. The predicted octanol–water partition coefficient (Wildman–Crippen LogP) is 5.53. The van der Waals surface area contributed by atoms with Crippen molar-refractivity contribution in [3.63, 3.8) is 0 Å². The number of hydrogen-bond donors (Lipinski definition) is 0. The van der Waals surface area contributed by atoms with Crippen molar-refractivity contribution < 1.29 is 4.79 Å². The van der Waals surface area contributed by atoms with E-state index in [0.29, 0.717) is 13.0 Å². The molecule has 0 saturated carbocycles. The van der Waals surface area contributed by atoms with Gasteiger partial charge in [-0.25, -0.2) is 4.98 Å². The molecule has 31 heavy (non-hydrogen) atoms. The van der Waals surface area contributed by atoms with Crippen LogP contribution in [0, 0.1) is 20.8 Å². The molecule has 1 aliphatic heterocycles. The van der Waals surface area contributed by atoms with Crippen molar-refractivity contribution >= 4 is 22.6 Å². The summed E-state index contributed by atoms with van der Waals surface area (Å²) in [5.41, 5.74) is 8.08. The molecule has 0 aliphatic carbocycles. The largest absolute Gasteiger partial charge is 0.323 e. The lowest BCUT2D eigenvalue weighted by Gasteiger charge is -2.18. The first-order valence-electron chi connectivity index (χ1n) is 10.9. The minimum absolute atomic E-state index is 0.0746. The Bertz CT molecular complexity index is 1290. The van der Waals surface area contributed by atoms with Gasteiger partial charge in [0.1, 0.15) is 5.82 Å². The van der Waals surface area contributed by atoms with Crippen molar-refractivity contribution in [2.75, 3.05) is 11.4 Å². The van der Waals surface area contributed by atoms with E-state index in [1.54, 1.807) is 0 Å². The number of aromatic nitrogens is 2. The third-order valence-electron chi connectivity index (χ3n) is 6.32. The lowest BCUT2D eigenvalue weighted by atomic mass is 10.0. The van der Waals surface area contributed by atoms with E-state index in [9.17, 15) is 4.79 Å². The van der Waals surface area contributed by atoms with E-state index in [2.05, 4.69) is 73.9 Å². The van der Waals surface area contributed by atoms with Crippen LogP contribution in [0.1, 0.15) is 40.4 Å². The maximum atomic E-state index is 12.9. The Morgan fingerprint density at radius 2 is 1.74 bits per heavy atom. The van der Waals surface area contributed by atoms with Gasteiger partial charge in [0.25, 0.3) is 0 Å². The van der Waals surface area contributed by atoms with Gasteiger partial charge in [0.2, 0.25) is 5.91 Å². The number of para-hydroxylation sites is 2. The fourth-order valence-corrected chi connectivity index (χ4v) is 4.64. The zero-order valence-corrected chi connectivity index (χ0v) is 18.3. The SMILES string of the molecule is Cc1cccc(N2CC(c3nc4ccccc4n3Cc3cc(C)ccc3C)CC2=O)c1. The van der Waals surface area contributed by atoms with E-state index in [-0.39, 0.29) is 11.8 Å². The molecule has 0 radical (unpaired) electrons. The van der Waals surface area contributed by atoms with Crippen molar-refractivity contribution in [1.82, 2.24) is 9.55 Å². The molecule has 1 amide bonds. The Labute approximate surface area is 183 Å². The van der Waals surface area contributed by atoms with Crippen LogP contribution in [0.5, 0.6) is 0 Å². The van der Waals surface area contributed by atoms with Gasteiger partial charge in [-0.15, -0.1) is 0 Å². The van der Waals surface area contributed by atoms with E-state index in [4.69, 9.17) is 4.98 Å². The smallest absolute Gasteiger partial charge is 0.227 e. The molecule has 3 aromatic carbocycles. The quantitative estimate of drug-likeness (QED) is 0.444. The van der Waals surface area contributed by atoms with Gasteiger partial charge in [-0.2, -0.15) is 0 Å². The monoisotopic (exact) mass is 409 g/mol. The van der Waals surface area contributed by atoms with Crippen LogP contribution in [-0.4, -0.2) is 22.0 Å². The van der Waals surface area contributed by atoms with Gasteiger partial charge in [-0.3, -0.25) is 4.79 Å². The molecule has 1 fully saturated rings. The summed E-state index contributed by atoms with van der Waals surface area (Å²) < 4.78 is 2.31.